The van der Waals surface area contributed by atoms with Crippen LogP contribution in [0.5, 0.6) is 0 Å². The summed E-state index contributed by atoms with van der Waals surface area (Å²) < 4.78 is 1.89. The smallest absolute Gasteiger partial charge is 0.155 e. The number of hydrogen-bond acceptors (Lipinski definition) is 3. The predicted octanol–water partition coefficient (Wildman–Crippen LogP) is 1.50. The SMILES string of the molecule is NCCc1ccc2nc(C3CCC3)nn2c1. The zero-order valence-corrected chi connectivity index (χ0v) is 9.26. The Kier molecular flexibility index (Phi) is 2.36. The second-order valence-electron chi connectivity index (χ2n) is 4.48. The lowest BCUT2D eigenvalue weighted by Crippen LogP contribution is -2.10. The van der Waals surface area contributed by atoms with E-state index in [1.807, 2.05) is 16.8 Å². The monoisotopic (exact) mass is 216 g/mol. The predicted molar refractivity (Wildman–Crippen MR) is 62.3 cm³/mol. The number of rotatable bonds is 3. The average Bonchev–Trinajstić information content (AvgIpc) is 2.57. The molecule has 2 aromatic rings. The van der Waals surface area contributed by atoms with E-state index in [0.29, 0.717) is 12.5 Å². The third kappa shape index (κ3) is 1.59. The fourth-order valence-corrected chi connectivity index (χ4v) is 2.10. The quantitative estimate of drug-likeness (QED) is 0.845. The number of nitrogens with zero attached hydrogens (tertiary/aromatic N) is 3. The number of fused-ring (bicyclic) bond motifs is 1. The molecule has 84 valence electrons. The molecular formula is C12H16N4. The van der Waals surface area contributed by atoms with Crippen LogP contribution < -0.4 is 5.73 Å². The third-order valence-corrected chi connectivity index (χ3v) is 3.31. The molecule has 4 heteroatoms. The first-order valence-corrected chi connectivity index (χ1v) is 5.92. The van der Waals surface area contributed by atoms with Gasteiger partial charge in [0.1, 0.15) is 0 Å². The highest BCUT2D eigenvalue weighted by Crippen LogP contribution is 2.34. The van der Waals surface area contributed by atoms with Gasteiger partial charge in [-0.05, 0) is 37.4 Å². The molecule has 0 amide bonds. The zero-order chi connectivity index (χ0) is 11.0. The summed E-state index contributed by atoms with van der Waals surface area (Å²) in [7, 11) is 0. The Morgan fingerprint density at radius 2 is 2.25 bits per heavy atom. The highest BCUT2D eigenvalue weighted by Gasteiger charge is 2.23. The fraction of sp³-hybridized carbons (Fsp3) is 0.500. The molecule has 2 heterocycles. The van der Waals surface area contributed by atoms with Crippen molar-refractivity contribution in [2.45, 2.75) is 31.6 Å². The summed E-state index contributed by atoms with van der Waals surface area (Å²) in [6.07, 6.45) is 6.74. The standard InChI is InChI=1S/C12H16N4/c13-7-6-9-4-5-11-14-12(10-2-1-3-10)15-16(11)8-9/h4-5,8,10H,1-3,6-7,13H2. The van der Waals surface area contributed by atoms with Crippen LogP contribution in [0, 0.1) is 0 Å². The number of aromatic nitrogens is 3. The molecule has 0 spiro atoms. The maximum absolute atomic E-state index is 5.54. The Morgan fingerprint density at radius 3 is 2.94 bits per heavy atom. The van der Waals surface area contributed by atoms with Crippen molar-refractivity contribution < 1.29 is 0 Å². The Bertz CT molecular complexity index is 499. The first-order chi connectivity index (χ1) is 7.86. The average molecular weight is 216 g/mol. The molecule has 1 aliphatic carbocycles. The molecule has 0 radical (unpaired) electrons. The second kappa shape index (κ2) is 3.87. The summed E-state index contributed by atoms with van der Waals surface area (Å²) in [6, 6.07) is 4.11. The van der Waals surface area contributed by atoms with Crippen molar-refractivity contribution in [3.63, 3.8) is 0 Å². The van der Waals surface area contributed by atoms with Crippen molar-refractivity contribution in [3.05, 3.63) is 29.7 Å². The van der Waals surface area contributed by atoms with Crippen LogP contribution >= 0.6 is 0 Å². The van der Waals surface area contributed by atoms with Gasteiger partial charge in [-0.1, -0.05) is 12.5 Å². The van der Waals surface area contributed by atoms with Gasteiger partial charge in [0.15, 0.2) is 11.5 Å². The van der Waals surface area contributed by atoms with E-state index >= 15 is 0 Å². The lowest BCUT2D eigenvalue weighted by molar-refractivity contribution is 0.402. The van der Waals surface area contributed by atoms with Gasteiger partial charge >= 0.3 is 0 Å². The van der Waals surface area contributed by atoms with Crippen LogP contribution in [0.3, 0.4) is 0 Å². The van der Waals surface area contributed by atoms with Crippen LogP contribution in [-0.2, 0) is 6.42 Å². The summed E-state index contributed by atoms with van der Waals surface area (Å²) in [5, 5.41) is 4.54. The van der Waals surface area contributed by atoms with Gasteiger partial charge < -0.3 is 5.73 Å². The van der Waals surface area contributed by atoms with Crippen molar-refractivity contribution in [1.29, 1.82) is 0 Å². The largest absolute Gasteiger partial charge is 0.330 e. The third-order valence-electron chi connectivity index (χ3n) is 3.31. The maximum atomic E-state index is 5.54. The summed E-state index contributed by atoms with van der Waals surface area (Å²) in [4.78, 5) is 4.56. The lowest BCUT2D eigenvalue weighted by Gasteiger charge is -2.21. The van der Waals surface area contributed by atoms with Gasteiger partial charge in [-0.3, -0.25) is 0 Å². The number of pyridine rings is 1. The number of nitrogens with two attached hydrogens (primary N) is 1. The molecule has 2 aromatic heterocycles. The van der Waals surface area contributed by atoms with Crippen molar-refractivity contribution in [2.24, 2.45) is 5.73 Å². The molecule has 0 saturated heterocycles. The van der Waals surface area contributed by atoms with Crippen LogP contribution in [0.1, 0.15) is 36.6 Å². The Labute approximate surface area is 94.5 Å². The maximum Gasteiger partial charge on any atom is 0.155 e. The Balaban J connectivity index is 1.96. The molecule has 0 aromatic carbocycles. The van der Waals surface area contributed by atoms with Crippen LogP contribution in [0.2, 0.25) is 0 Å². The summed E-state index contributed by atoms with van der Waals surface area (Å²) in [6.45, 7) is 0.676. The van der Waals surface area contributed by atoms with Crippen molar-refractivity contribution >= 4 is 5.65 Å². The van der Waals surface area contributed by atoms with E-state index in [1.165, 1.54) is 24.8 Å². The molecule has 4 nitrogen and oxygen atoms in total. The molecule has 0 atom stereocenters. The first-order valence-electron chi connectivity index (χ1n) is 5.92. The van der Waals surface area contributed by atoms with E-state index in [4.69, 9.17) is 5.73 Å². The van der Waals surface area contributed by atoms with Gasteiger partial charge in [-0.2, -0.15) is 5.10 Å². The molecule has 2 N–H and O–H groups in total. The van der Waals surface area contributed by atoms with E-state index in [0.717, 1.165) is 17.9 Å². The van der Waals surface area contributed by atoms with Crippen molar-refractivity contribution in [2.75, 3.05) is 6.54 Å². The van der Waals surface area contributed by atoms with E-state index in [-0.39, 0.29) is 0 Å². The second-order valence-corrected chi connectivity index (χ2v) is 4.48. The molecular weight excluding hydrogens is 200 g/mol. The fourth-order valence-electron chi connectivity index (χ4n) is 2.10. The van der Waals surface area contributed by atoms with Gasteiger partial charge in [0.05, 0.1) is 0 Å². The van der Waals surface area contributed by atoms with E-state index < -0.39 is 0 Å². The van der Waals surface area contributed by atoms with Gasteiger partial charge in [0.2, 0.25) is 0 Å². The van der Waals surface area contributed by atoms with Gasteiger partial charge in [-0.15, -0.1) is 0 Å². The highest BCUT2D eigenvalue weighted by molar-refractivity contribution is 5.39. The molecule has 0 aliphatic heterocycles. The minimum Gasteiger partial charge on any atom is -0.330 e. The lowest BCUT2D eigenvalue weighted by atomic mass is 9.85. The molecule has 16 heavy (non-hydrogen) atoms. The summed E-state index contributed by atoms with van der Waals surface area (Å²) in [5.74, 6) is 1.61. The minimum absolute atomic E-state index is 0.595. The van der Waals surface area contributed by atoms with Crippen LogP contribution in [-0.4, -0.2) is 21.1 Å². The Morgan fingerprint density at radius 1 is 1.38 bits per heavy atom. The molecule has 0 unspecified atom stereocenters. The first kappa shape index (κ1) is 9.78. The zero-order valence-electron chi connectivity index (χ0n) is 9.26. The van der Waals surface area contributed by atoms with E-state index in [1.54, 1.807) is 0 Å². The molecule has 0 bridgehead atoms. The van der Waals surface area contributed by atoms with Crippen LogP contribution in [0.25, 0.3) is 5.65 Å². The molecule has 3 rings (SSSR count). The molecule has 1 saturated carbocycles. The summed E-state index contributed by atoms with van der Waals surface area (Å²) in [5.41, 5.74) is 7.71. The normalized spacial score (nSPS) is 16.6. The van der Waals surface area contributed by atoms with Crippen molar-refractivity contribution in [3.8, 4) is 0 Å². The minimum atomic E-state index is 0.595. The molecule has 1 aliphatic rings. The topological polar surface area (TPSA) is 56.2 Å². The summed E-state index contributed by atoms with van der Waals surface area (Å²) >= 11 is 0. The van der Waals surface area contributed by atoms with Crippen LogP contribution in [0.15, 0.2) is 18.3 Å². The van der Waals surface area contributed by atoms with Crippen LogP contribution in [0.4, 0.5) is 0 Å². The van der Waals surface area contributed by atoms with Gasteiger partial charge in [-0.25, -0.2) is 9.50 Å². The van der Waals surface area contributed by atoms with Gasteiger partial charge in [0, 0.05) is 12.1 Å². The Hall–Kier alpha value is -1.42. The highest BCUT2D eigenvalue weighted by atomic mass is 15.3. The molecule has 1 fully saturated rings. The number of hydrogen-bond donors (Lipinski definition) is 1. The van der Waals surface area contributed by atoms with E-state index in [2.05, 4.69) is 16.1 Å². The van der Waals surface area contributed by atoms with E-state index in [9.17, 15) is 0 Å². The van der Waals surface area contributed by atoms with Gasteiger partial charge in [0.25, 0.3) is 0 Å². The van der Waals surface area contributed by atoms with Crippen molar-refractivity contribution in [1.82, 2.24) is 14.6 Å².